The summed E-state index contributed by atoms with van der Waals surface area (Å²) in [4.78, 5) is 25.9. The fraction of sp³-hybridized carbons (Fsp3) is 0.438. The van der Waals surface area contributed by atoms with Crippen molar-refractivity contribution in [3.05, 3.63) is 29.8 Å². The Labute approximate surface area is 131 Å². The molecule has 120 valence electrons. The van der Waals surface area contributed by atoms with E-state index in [0.29, 0.717) is 12.8 Å². The SMILES string of the molecule is N#CC1(NC(=O)[C@H]2CCN(c3ccc(F)c(F)c3)C2=O)CCC1. The van der Waals surface area contributed by atoms with Gasteiger partial charge in [0, 0.05) is 18.3 Å². The molecule has 0 unspecified atom stereocenters. The molecule has 1 aromatic rings. The number of halogens is 2. The molecule has 1 atom stereocenters. The fourth-order valence-electron chi connectivity index (χ4n) is 2.95. The van der Waals surface area contributed by atoms with E-state index in [1.165, 1.54) is 11.0 Å². The van der Waals surface area contributed by atoms with Gasteiger partial charge in [0.1, 0.15) is 11.5 Å². The lowest BCUT2D eigenvalue weighted by atomic mass is 9.77. The van der Waals surface area contributed by atoms with Crippen molar-refractivity contribution in [2.75, 3.05) is 11.4 Å². The Kier molecular flexibility index (Phi) is 3.76. The molecule has 1 N–H and O–H groups in total. The number of rotatable bonds is 3. The van der Waals surface area contributed by atoms with Gasteiger partial charge in [0.05, 0.1) is 6.07 Å². The average Bonchev–Trinajstić information content (AvgIpc) is 2.87. The van der Waals surface area contributed by atoms with Gasteiger partial charge in [0.25, 0.3) is 0 Å². The zero-order valence-corrected chi connectivity index (χ0v) is 12.3. The summed E-state index contributed by atoms with van der Waals surface area (Å²) in [6, 6.07) is 5.29. The smallest absolute Gasteiger partial charge is 0.239 e. The highest BCUT2D eigenvalue weighted by Gasteiger charge is 2.44. The second kappa shape index (κ2) is 5.61. The van der Waals surface area contributed by atoms with Gasteiger partial charge >= 0.3 is 0 Å². The third-order valence-electron chi connectivity index (χ3n) is 4.52. The quantitative estimate of drug-likeness (QED) is 0.865. The Morgan fingerprint density at radius 3 is 2.65 bits per heavy atom. The maximum absolute atomic E-state index is 13.3. The predicted molar refractivity (Wildman–Crippen MR) is 77.2 cm³/mol. The molecule has 1 saturated heterocycles. The zero-order chi connectivity index (χ0) is 16.6. The number of benzene rings is 1. The van der Waals surface area contributed by atoms with E-state index in [0.717, 1.165) is 18.6 Å². The van der Waals surface area contributed by atoms with Crippen molar-refractivity contribution in [3.63, 3.8) is 0 Å². The molecule has 5 nitrogen and oxygen atoms in total. The minimum Gasteiger partial charge on any atom is -0.337 e. The first-order valence-corrected chi connectivity index (χ1v) is 7.45. The van der Waals surface area contributed by atoms with E-state index >= 15 is 0 Å². The van der Waals surface area contributed by atoms with E-state index in [1.807, 2.05) is 0 Å². The maximum Gasteiger partial charge on any atom is 0.239 e. The molecule has 2 amide bonds. The number of nitriles is 1. The number of nitrogens with zero attached hydrogens (tertiary/aromatic N) is 2. The molecule has 23 heavy (non-hydrogen) atoms. The summed E-state index contributed by atoms with van der Waals surface area (Å²) in [6.07, 6.45) is 2.32. The summed E-state index contributed by atoms with van der Waals surface area (Å²) < 4.78 is 26.3. The summed E-state index contributed by atoms with van der Waals surface area (Å²) in [5, 5.41) is 11.8. The lowest BCUT2D eigenvalue weighted by Gasteiger charge is -2.36. The Morgan fingerprint density at radius 1 is 1.35 bits per heavy atom. The minimum absolute atomic E-state index is 0.225. The molecule has 3 rings (SSSR count). The number of hydrogen-bond acceptors (Lipinski definition) is 3. The van der Waals surface area contributed by atoms with Crippen LogP contribution in [0.1, 0.15) is 25.7 Å². The van der Waals surface area contributed by atoms with Crippen LogP contribution in [-0.4, -0.2) is 23.9 Å². The molecular weight excluding hydrogens is 304 g/mol. The summed E-state index contributed by atoms with van der Waals surface area (Å²) >= 11 is 0. The standard InChI is InChI=1S/C16H15F2N3O2/c17-12-3-2-10(8-13(12)18)21-7-4-11(15(21)23)14(22)20-16(9-19)5-1-6-16/h2-3,8,11H,1,4-7H2,(H,20,22)/t11-/m1/s1. The number of hydrogen-bond donors (Lipinski definition) is 1. The van der Waals surface area contributed by atoms with Crippen molar-refractivity contribution < 1.29 is 18.4 Å². The molecule has 2 aliphatic rings. The van der Waals surface area contributed by atoms with Crippen LogP contribution < -0.4 is 10.2 Å². The summed E-state index contributed by atoms with van der Waals surface area (Å²) in [7, 11) is 0. The van der Waals surface area contributed by atoms with Crippen molar-refractivity contribution in [1.82, 2.24) is 5.32 Å². The third kappa shape index (κ3) is 2.65. The molecule has 1 aliphatic heterocycles. The Balaban J connectivity index is 1.72. The number of amides is 2. The van der Waals surface area contributed by atoms with E-state index < -0.39 is 34.9 Å². The summed E-state index contributed by atoms with van der Waals surface area (Å²) in [5.74, 6) is -3.85. The molecular formula is C16H15F2N3O2. The van der Waals surface area contributed by atoms with Gasteiger partial charge in [-0.2, -0.15) is 5.26 Å². The molecule has 1 aromatic carbocycles. The van der Waals surface area contributed by atoms with Gasteiger partial charge in [0.15, 0.2) is 11.6 Å². The Morgan fingerprint density at radius 2 is 2.09 bits per heavy atom. The van der Waals surface area contributed by atoms with E-state index in [-0.39, 0.29) is 18.7 Å². The van der Waals surface area contributed by atoms with Crippen molar-refractivity contribution in [2.45, 2.75) is 31.2 Å². The average molecular weight is 319 g/mol. The highest BCUT2D eigenvalue weighted by Crippen LogP contribution is 2.32. The van der Waals surface area contributed by atoms with Crippen molar-refractivity contribution >= 4 is 17.5 Å². The van der Waals surface area contributed by atoms with Crippen LogP contribution in [0, 0.1) is 28.9 Å². The highest BCUT2D eigenvalue weighted by atomic mass is 19.2. The monoisotopic (exact) mass is 319 g/mol. The van der Waals surface area contributed by atoms with Crippen LogP contribution in [0.3, 0.4) is 0 Å². The van der Waals surface area contributed by atoms with Crippen LogP contribution in [-0.2, 0) is 9.59 Å². The molecule has 0 radical (unpaired) electrons. The van der Waals surface area contributed by atoms with Gasteiger partial charge in [-0.3, -0.25) is 9.59 Å². The van der Waals surface area contributed by atoms with E-state index in [1.54, 1.807) is 0 Å². The van der Waals surface area contributed by atoms with Gasteiger partial charge in [-0.15, -0.1) is 0 Å². The minimum atomic E-state index is -1.04. The van der Waals surface area contributed by atoms with Gasteiger partial charge in [-0.1, -0.05) is 0 Å². The maximum atomic E-state index is 13.3. The van der Waals surface area contributed by atoms with Crippen LogP contribution >= 0.6 is 0 Å². The van der Waals surface area contributed by atoms with Crippen LogP contribution in [0.2, 0.25) is 0 Å². The molecule has 7 heteroatoms. The Bertz CT molecular complexity index is 710. The van der Waals surface area contributed by atoms with E-state index in [9.17, 15) is 18.4 Å². The summed E-state index contributed by atoms with van der Waals surface area (Å²) in [6.45, 7) is 0.252. The van der Waals surface area contributed by atoms with E-state index in [2.05, 4.69) is 11.4 Å². The topological polar surface area (TPSA) is 73.2 Å². The van der Waals surface area contributed by atoms with Crippen LogP contribution in [0.25, 0.3) is 0 Å². The van der Waals surface area contributed by atoms with Crippen LogP contribution in [0.4, 0.5) is 14.5 Å². The number of nitrogens with one attached hydrogen (secondary N) is 1. The second-order valence-electron chi connectivity index (χ2n) is 5.97. The number of anilines is 1. The fourth-order valence-corrected chi connectivity index (χ4v) is 2.95. The molecule has 2 fully saturated rings. The molecule has 0 bridgehead atoms. The van der Waals surface area contributed by atoms with Crippen molar-refractivity contribution in [3.8, 4) is 6.07 Å². The first kappa shape index (κ1) is 15.4. The van der Waals surface area contributed by atoms with Crippen molar-refractivity contribution in [2.24, 2.45) is 5.92 Å². The van der Waals surface area contributed by atoms with Gasteiger partial charge < -0.3 is 10.2 Å². The zero-order valence-electron chi connectivity index (χ0n) is 12.3. The largest absolute Gasteiger partial charge is 0.337 e. The first-order chi connectivity index (χ1) is 11.0. The normalized spacial score (nSPS) is 22.4. The molecule has 1 aliphatic carbocycles. The van der Waals surface area contributed by atoms with Gasteiger partial charge in [-0.05, 0) is 37.8 Å². The van der Waals surface area contributed by atoms with Crippen LogP contribution in [0.15, 0.2) is 18.2 Å². The lowest BCUT2D eigenvalue weighted by molar-refractivity contribution is -0.133. The van der Waals surface area contributed by atoms with Gasteiger partial charge in [0.2, 0.25) is 11.8 Å². The second-order valence-corrected chi connectivity index (χ2v) is 5.97. The number of carbonyl (C=O) groups excluding carboxylic acids is 2. The molecule has 0 spiro atoms. The third-order valence-corrected chi connectivity index (χ3v) is 4.52. The highest BCUT2D eigenvalue weighted by molar-refractivity contribution is 6.09. The van der Waals surface area contributed by atoms with Gasteiger partial charge in [-0.25, -0.2) is 8.78 Å². The molecule has 1 heterocycles. The first-order valence-electron chi connectivity index (χ1n) is 7.45. The van der Waals surface area contributed by atoms with Crippen LogP contribution in [0.5, 0.6) is 0 Å². The van der Waals surface area contributed by atoms with E-state index in [4.69, 9.17) is 5.26 Å². The van der Waals surface area contributed by atoms with Crippen molar-refractivity contribution in [1.29, 1.82) is 5.26 Å². The molecule has 1 saturated carbocycles. The molecule has 0 aromatic heterocycles. The predicted octanol–water partition coefficient (Wildman–Crippen LogP) is 1.88. The Hall–Kier alpha value is -2.49. The number of carbonyl (C=O) groups is 2. The lowest BCUT2D eigenvalue weighted by Crippen LogP contribution is -2.54. The summed E-state index contributed by atoms with van der Waals surface area (Å²) in [5.41, 5.74) is -0.630.